The highest BCUT2D eigenvalue weighted by Gasteiger charge is 2.33. The first-order chi connectivity index (χ1) is 16.7. The van der Waals surface area contributed by atoms with E-state index in [4.69, 9.17) is 28.6 Å². The third kappa shape index (κ3) is 6.13. The van der Waals surface area contributed by atoms with E-state index in [2.05, 4.69) is 21.2 Å². The van der Waals surface area contributed by atoms with Gasteiger partial charge in [-0.15, -0.1) is 0 Å². The van der Waals surface area contributed by atoms with Crippen molar-refractivity contribution >= 4 is 85.1 Å². The number of aryl methyl sites for hydroxylation is 2. The molecular formula is C26H20BrClN2O3S2. The SMILES string of the molecule is Cc1ccc(N2C(=O)/C(=C/c3ccc(OCC(=O)Nc4ccc(Br)c(C)c4)cc3)SC2=S)cc1Cl. The van der Waals surface area contributed by atoms with Crippen LogP contribution >= 0.6 is 51.5 Å². The van der Waals surface area contributed by atoms with Crippen LogP contribution in [-0.4, -0.2) is 22.7 Å². The minimum absolute atomic E-state index is 0.119. The Bertz CT molecular complexity index is 1360. The monoisotopic (exact) mass is 586 g/mol. The van der Waals surface area contributed by atoms with E-state index in [9.17, 15) is 9.59 Å². The molecule has 0 spiro atoms. The molecule has 1 aliphatic rings. The summed E-state index contributed by atoms with van der Waals surface area (Å²) in [4.78, 5) is 27.2. The average molecular weight is 588 g/mol. The number of rotatable bonds is 6. The first kappa shape index (κ1) is 25.4. The van der Waals surface area contributed by atoms with Gasteiger partial charge >= 0.3 is 0 Å². The highest BCUT2D eigenvalue weighted by molar-refractivity contribution is 9.10. The summed E-state index contributed by atoms with van der Waals surface area (Å²) < 4.78 is 7.03. The van der Waals surface area contributed by atoms with E-state index in [-0.39, 0.29) is 18.4 Å². The van der Waals surface area contributed by atoms with Crippen molar-refractivity contribution in [2.45, 2.75) is 13.8 Å². The lowest BCUT2D eigenvalue weighted by atomic mass is 10.2. The fourth-order valence-electron chi connectivity index (χ4n) is 3.29. The van der Waals surface area contributed by atoms with E-state index >= 15 is 0 Å². The Hall–Kier alpha value is -2.65. The van der Waals surface area contributed by atoms with Crippen LogP contribution in [0.5, 0.6) is 5.75 Å². The smallest absolute Gasteiger partial charge is 0.270 e. The highest BCUT2D eigenvalue weighted by atomic mass is 79.9. The Morgan fingerprint density at radius 3 is 2.54 bits per heavy atom. The summed E-state index contributed by atoms with van der Waals surface area (Å²) in [6.07, 6.45) is 1.78. The molecule has 35 heavy (non-hydrogen) atoms. The maximum atomic E-state index is 13.0. The van der Waals surface area contributed by atoms with Gasteiger partial charge in [0.2, 0.25) is 0 Å². The molecule has 1 aliphatic heterocycles. The summed E-state index contributed by atoms with van der Waals surface area (Å²) in [5.74, 6) is 0.0990. The molecule has 1 fully saturated rings. The zero-order valence-corrected chi connectivity index (χ0v) is 22.8. The van der Waals surface area contributed by atoms with Crippen molar-refractivity contribution in [3.05, 3.63) is 91.8 Å². The predicted octanol–water partition coefficient (Wildman–Crippen LogP) is 7.14. The lowest BCUT2D eigenvalue weighted by Gasteiger charge is -2.15. The van der Waals surface area contributed by atoms with E-state index < -0.39 is 0 Å². The second-order valence-electron chi connectivity index (χ2n) is 7.82. The summed E-state index contributed by atoms with van der Waals surface area (Å²) in [6, 6.07) is 18.2. The van der Waals surface area contributed by atoms with Crippen LogP contribution in [0, 0.1) is 13.8 Å². The van der Waals surface area contributed by atoms with E-state index in [1.54, 1.807) is 24.3 Å². The average Bonchev–Trinajstić information content (AvgIpc) is 3.10. The Balaban J connectivity index is 1.37. The van der Waals surface area contributed by atoms with Gasteiger partial charge in [0.1, 0.15) is 5.75 Å². The predicted molar refractivity (Wildman–Crippen MR) is 151 cm³/mol. The summed E-state index contributed by atoms with van der Waals surface area (Å²) in [6.45, 7) is 3.74. The van der Waals surface area contributed by atoms with Crippen LogP contribution in [0.25, 0.3) is 6.08 Å². The van der Waals surface area contributed by atoms with Crippen LogP contribution in [0.4, 0.5) is 11.4 Å². The number of nitrogens with one attached hydrogen (secondary N) is 1. The number of hydrogen-bond acceptors (Lipinski definition) is 5. The van der Waals surface area contributed by atoms with Crippen LogP contribution in [0.1, 0.15) is 16.7 Å². The first-order valence-corrected chi connectivity index (χ1v) is 12.9. The molecule has 4 rings (SSSR count). The molecule has 0 bridgehead atoms. The molecule has 9 heteroatoms. The number of hydrogen-bond donors (Lipinski definition) is 1. The Labute approximate surface area is 226 Å². The summed E-state index contributed by atoms with van der Waals surface area (Å²) in [7, 11) is 0. The van der Waals surface area contributed by atoms with Gasteiger partial charge in [0, 0.05) is 15.2 Å². The van der Waals surface area contributed by atoms with Crippen LogP contribution < -0.4 is 15.0 Å². The molecule has 0 saturated carbocycles. The van der Waals surface area contributed by atoms with Gasteiger partial charge in [0.25, 0.3) is 11.8 Å². The number of halogens is 2. The van der Waals surface area contributed by atoms with Gasteiger partial charge in [-0.25, -0.2) is 0 Å². The van der Waals surface area contributed by atoms with Crippen molar-refractivity contribution in [3.63, 3.8) is 0 Å². The fraction of sp³-hybridized carbons (Fsp3) is 0.115. The molecule has 1 heterocycles. The van der Waals surface area contributed by atoms with Gasteiger partial charge < -0.3 is 10.1 Å². The number of amides is 2. The van der Waals surface area contributed by atoms with Gasteiger partial charge in [-0.3, -0.25) is 14.5 Å². The number of anilines is 2. The molecule has 0 aliphatic carbocycles. The number of carbonyl (C=O) groups excluding carboxylic acids is 2. The summed E-state index contributed by atoms with van der Waals surface area (Å²) in [5.41, 5.74) is 4.12. The quantitative estimate of drug-likeness (QED) is 0.245. The maximum Gasteiger partial charge on any atom is 0.270 e. The Morgan fingerprint density at radius 1 is 1.11 bits per heavy atom. The van der Waals surface area contributed by atoms with Crippen LogP contribution in [0.15, 0.2) is 70.0 Å². The van der Waals surface area contributed by atoms with Gasteiger partial charge in [-0.1, -0.05) is 69.7 Å². The molecule has 5 nitrogen and oxygen atoms in total. The normalized spacial score (nSPS) is 14.5. The number of nitrogens with zero attached hydrogens (tertiary/aromatic N) is 1. The zero-order valence-electron chi connectivity index (χ0n) is 18.8. The molecule has 2 amide bonds. The lowest BCUT2D eigenvalue weighted by Crippen LogP contribution is -2.27. The number of carbonyl (C=O) groups is 2. The molecule has 0 atom stereocenters. The molecule has 0 radical (unpaired) electrons. The van der Waals surface area contributed by atoms with E-state index in [1.807, 2.05) is 56.3 Å². The number of thiocarbonyl (C=S) groups is 1. The van der Waals surface area contributed by atoms with E-state index in [0.717, 1.165) is 21.2 Å². The zero-order chi connectivity index (χ0) is 25.1. The summed E-state index contributed by atoms with van der Waals surface area (Å²) in [5, 5.41) is 3.39. The van der Waals surface area contributed by atoms with Crippen molar-refractivity contribution in [2.75, 3.05) is 16.8 Å². The molecule has 178 valence electrons. The second kappa shape index (κ2) is 11.0. The molecule has 3 aromatic carbocycles. The van der Waals surface area contributed by atoms with Gasteiger partial charge in [-0.2, -0.15) is 0 Å². The van der Waals surface area contributed by atoms with Crippen LogP contribution in [0.2, 0.25) is 5.02 Å². The van der Waals surface area contributed by atoms with Gasteiger partial charge in [-0.05, 0) is 79.1 Å². The van der Waals surface area contributed by atoms with Crippen molar-refractivity contribution in [2.24, 2.45) is 0 Å². The largest absolute Gasteiger partial charge is 0.484 e. The van der Waals surface area contributed by atoms with Crippen LogP contribution in [-0.2, 0) is 9.59 Å². The van der Waals surface area contributed by atoms with Gasteiger partial charge in [0.05, 0.1) is 10.6 Å². The Kier molecular flexibility index (Phi) is 7.96. The second-order valence-corrected chi connectivity index (χ2v) is 10.8. The lowest BCUT2D eigenvalue weighted by molar-refractivity contribution is -0.118. The molecule has 1 N–H and O–H groups in total. The van der Waals surface area contributed by atoms with E-state index in [1.165, 1.54) is 16.7 Å². The standard InChI is InChI=1S/C26H20BrClN2O3S2/c1-15-3-7-19(13-22(15)28)30-25(32)23(35-26(30)34)12-17-4-8-20(9-5-17)33-14-24(31)29-18-6-10-21(27)16(2)11-18/h3-13H,14H2,1-2H3,(H,29,31)/b23-12-. The molecule has 3 aromatic rings. The van der Waals surface area contributed by atoms with Crippen molar-refractivity contribution in [1.82, 2.24) is 0 Å². The minimum atomic E-state index is -0.254. The highest BCUT2D eigenvalue weighted by Crippen LogP contribution is 2.37. The minimum Gasteiger partial charge on any atom is -0.484 e. The van der Waals surface area contributed by atoms with Gasteiger partial charge in [0.15, 0.2) is 10.9 Å². The fourth-order valence-corrected chi connectivity index (χ4v) is 5.01. The van der Waals surface area contributed by atoms with Crippen molar-refractivity contribution in [1.29, 1.82) is 0 Å². The summed E-state index contributed by atoms with van der Waals surface area (Å²) >= 11 is 16.3. The van der Waals surface area contributed by atoms with Crippen molar-refractivity contribution in [3.8, 4) is 5.75 Å². The van der Waals surface area contributed by atoms with E-state index in [0.29, 0.717) is 31.4 Å². The third-order valence-corrected chi connectivity index (χ3v) is 7.80. The molecule has 1 saturated heterocycles. The van der Waals surface area contributed by atoms with Crippen molar-refractivity contribution < 1.29 is 14.3 Å². The molecular weight excluding hydrogens is 568 g/mol. The molecule has 0 unspecified atom stereocenters. The topological polar surface area (TPSA) is 58.6 Å². The van der Waals surface area contributed by atoms with Crippen LogP contribution in [0.3, 0.4) is 0 Å². The molecule has 0 aromatic heterocycles. The number of benzene rings is 3. The Morgan fingerprint density at radius 2 is 1.86 bits per heavy atom. The third-order valence-electron chi connectivity index (χ3n) is 5.20. The number of ether oxygens (including phenoxy) is 1. The first-order valence-electron chi connectivity index (χ1n) is 10.5. The maximum absolute atomic E-state index is 13.0. The number of thioether (sulfide) groups is 1.